The molecule has 0 unspecified atom stereocenters. The van der Waals surface area contributed by atoms with Gasteiger partial charge in [0.05, 0.1) is 15.6 Å². The molecule has 2 aromatic rings. The van der Waals surface area contributed by atoms with Crippen LogP contribution in [0, 0.1) is 5.82 Å². The van der Waals surface area contributed by atoms with Crippen molar-refractivity contribution in [3.05, 3.63) is 58.9 Å². The first-order valence-electron chi connectivity index (χ1n) is 5.67. The topological polar surface area (TPSA) is 72.2 Å². The molecule has 0 spiro atoms. The Hall–Kier alpha value is -1.63. The van der Waals surface area contributed by atoms with Crippen molar-refractivity contribution in [3.63, 3.8) is 0 Å². The molecule has 2 aromatic carbocycles. The highest BCUT2D eigenvalue weighted by Crippen LogP contribution is 2.22. The van der Waals surface area contributed by atoms with E-state index in [2.05, 4.69) is 4.72 Å². The maximum absolute atomic E-state index is 12.7. The molecule has 0 aliphatic heterocycles. The summed E-state index contributed by atoms with van der Waals surface area (Å²) < 4.78 is 39.3. The van der Waals surface area contributed by atoms with Crippen LogP contribution in [0.3, 0.4) is 0 Å². The molecule has 4 nitrogen and oxygen atoms in total. The van der Waals surface area contributed by atoms with Gasteiger partial charge in [-0.25, -0.2) is 17.5 Å². The van der Waals surface area contributed by atoms with Gasteiger partial charge >= 0.3 is 0 Å². The number of anilines is 1. The number of nitrogen functional groups attached to an aromatic ring is 1. The molecule has 0 aliphatic rings. The molecule has 2 rings (SSSR count). The number of nitrogens with one attached hydrogen (secondary N) is 1. The van der Waals surface area contributed by atoms with E-state index in [9.17, 15) is 12.8 Å². The molecular formula is C13H12ClFN2O2S. The van der Waals surface area contributed by atoms with Crippen LogP contribution < -0.4 is 10.5 Å². The van der Waals surface area contributed by atoms with E-state index in [4.69, 9.17) is 17.3 Å². The Morgan fingerprint density at radius 3 is 2.40 bits per heavy atom. The highest BCUT2D eigenvalue weighted by Gasteiger charge is 2.14. The Balaban J connectivity index is 2.14. The standard InChI is InChI=1S/C13H12ClFN2O2S/c14-12-6-5-11(7-13(12)16)20(18,19)17-8-9-1-3-10(15)4-2-9/h1-7,17H,8,16H2. The monoisotopic (exact) mass is 314 g/mol. The lowest BCUT2D eigenvalue weighted by atomic mass is 10.2. The summed E-state index contributed by atoms with van der Waals surface area (Å²) in [4.78, 5) is 0.0292. The van der Waals surface area contributed by atoms with Gasteiger partial charge in [0.1, 0.15) is 5.82 Å². The smallest absolute Gasteiger partial charge is 0.240 e. The third kappa shape index (κ3) is 3.47. The Kier molecular flexibility index (Phi) is 4.27. The molecule has 0 fully saturated rings. The summed E-state index contributed by atoms with van der Waals surface area (Å²) in [5.41, 5.74) is 6.42. The van der Waals surface area contributed by atoms with Gasteiger partial charge in [0.15, 0.2) is 0 Å². The second-order valence-electron chi connectivity index (χ2n) is 4.13. The zero-order valence-electron chi connectivity index (χ0n) is 10.3. The summed E-state index contributed by atoms with van der Waals surface area (Å²) in [6, 6.07) is 9.63. The zero-order valence-corrected chi connectivity index (χ0v) is 11.9. The van der Waals surface area contributed by atoms with E-state index >= 15 is 0 Å². The highest BCUT2D eigenvalue weighted by atomic mass is 35.5. The van der Waals surface area contributed by atoms with E-state index in [1.54, 1.807) is 0 Å². The zero-order chi connectivity index (χ0) is 14.8. The van der Waals surface area contributed by atoms with E-state index in [-0.39, 0.29) is 22.9 Å². The van der Waals surface area contributed by atoms with Crippen molar-refractivity contribution in [1.82, 2.24) is 4.72 Å². The molecule has 20 heavy (non-hydrogen) atoms. The Morgan fingerprint density at radius 2 is 1.80 bits per heavy atom. The van der Waals surface area contributed by atoms with Gasteiger partial charge in [-0.2, -0.15) is 0 Å². The minimum absolute atomic E-state index is 0.0292. The molecule has 106 valence electrons. The lowest BCUT2D eigenvalue weighted by molar-refractivity contribution is 0.581. The second kappa shape index (κ2) is 5.78. The first-order chi connectivity index (χ1) is 9.38. The van der Waals surface area contributed by atoms with E-state index in [1.165, 1.54) is 42.5 Å². The van der Waals surface area contributed by atoms with Crippen molar-refractivity contribution in [2.75, 3.05) is 5.73 Å². The normalized spacial score (nSPS) is 11.5. The van der Waals surface area contributed by atoms with Gasteiger partial charge in [-0.1, -0.05) is 23.7 Å². The summed E-state index contributed by atoms with van der Waals surface area (Å²) in [5, 5.41) is 0.294. The molecule has 0 saturated heterocycles. The fraction of sp³-hybridized carbons (Fsp3) is 0.0769. The van der Waals surface area contributed by atoms with Gasteiger partial charge in [-0.3, -0.25) is 0 Å². The van der Waals surface area contributed by atoms with Crippen LogP contribution in [0.25, 0.3) is 0 Å². The van der Waals surface area contributed by atoms with Crippen molar-refractivity contribution >= 4 is 27.3 Å². The number of hydrogen-bond donors (Lipinski definition) is 2. The average Bonchev–Trinajstić information content (AvgIpc) is 2.41. The van der Waals surface area contributed by atoms with Gasteiger partial charge in [0.2, 0.25) is 10.0 Å². The summed E-state index contributed by atoms with van der Waals surface area (Å²) in [7, 11) is -3.69. The third-order valence-corrected chi connectivity index (χ3v) is 4.40. The number of benzene rings is 2. The van der Waals surface area contributed by atoms with Crippen LogP contribution in [0.2, 0.25) is 5.02 Å². The van der Waals surface area contributed by atoms with Gasteiger partial charge in [0.25, 0.3) is 0 Å². The molecular weight excluding hydrogens is 303 g/mol. The van der Waals surface area contributed by atoms with Gasteiger partial charge in [-0.15, -0.1) is 0 Å². The minimum atomic E-state index is -3.69. The molecule has 3 N–H and O–H groups in total. The molecule has 0 aliphatic carbocycles. The number of nitrogens with two attached hydrogens (primary N) is 1. The van der Waals surface area contributed by atoms with Crippen LogP contribution in [-0.2, 0) is 16.6 Å². The fourth-order valence-electron chi connectivity index (χ4n) is 1.55. The lowest BCUT2D eigenvalue weighted by Crippen LogP contribution is -2.23. The fourth-order valence-corrected chi connectivity index (χ4v) is 2.72. The predicted octanol–water partition coefficient (Wildman–Crippen LogP) is 2.54. The van der Waals surface area contributed by atoms with E-state index in [0.717, 1.165) is 0 Å². The van der Waals surface area contributed by atoms with Gasteiger partial charge < -0.3 is 5.73 Å². The van der Waals surface area contributed by atoms with E-state index in [0.29, 0.717) is 10.6 Å². The van der Waals surface area contributed by atoms with Crippen molar-refractivity contribution in [2.45, 2.75) is 11.4 Å². The SMILES string of the molecule is Nc1cc(S(=O)(=O)NCc2ccc(F)cc2)ccc1Cl. The van der Waals surface area contributed by atoms with Crippen molar-refractivity contribution in [3.8, 4) is 0 Å². The van der Waals surface area contributed by atoms with Crippen LogP contribution in [0.5, 0.6) is 0 Å². The quantitative estimate of drug-likeness (QED) is 0.852. The number of sulfonamides is 1. The summed E-state index contributed by atoms with van der Waals surface area (Å²) >= 11 is 5.74. The Morgan fingerprint density at radius 1 is 1.15 bits per heavy atom. The molecule has 0 saturated carbocycles. The first-order valence-corrected chi connectivity index (χ1v) is 7.54. The Bertz CT molecular complexity index is 718. The largest absolute Gasteiger partial charge is 0.397 e. The molecule has 7 heteroatoms. The third-order valence-electron chi connectivity index (χ3n) is 2.66. The lowest BCUT2D eigenvalue weighted by Gasteiger charge is -2.08. The van der Waals surface area contributed by atoms with E-state index in [1.807, 2.05) is 0 Å². The van der Waals surface area contributed by atoms with Crippen molar-refractivity contribution in [2.24, 2.45) is 0 Å². The number of halogens is 2. The van der Waals surface area contributed by atoms with Crippen LogP contribution in [0.4, 0.5) is 10.1 Å². The summed E-state index contributed by atoms with van der Waals surface area (Å²) in [6.07, 6.45) is 0. The molecule has 0 aromatic heterocycles. The van der Waals surface area contributed by atoms with Crippen LogP contribution in [0.15, 0.2) is 47.4 Å². The summed E-state index contributed by atoms with van der Waals surface area (Å²) in [5.74, 6) is -0.373. The van der Waals surface area contributed by atoms with Crippen molar-refractivity contribution in [1.29, 1.82) is 0 Å². The second-order valence-corrected chi connectivity index (χ2v) is 6.31. The van der Waals surface area contributed by atoms with E-state index < -0.39 is 10.0 Å². The minimum Gasteiger partial charge on any atom is -0.397 e. The average molecular weight is 315 g/mol. The molecule has 0 bridgehead atoms. The van der Waals surface area contributed by atoms with Gasteiger partial charge in [0, 0.05) is 6.54 Å². The van der Waals surface area contributed by atoms with Gasteiger partial charge in [-0.05, 0) is 35.9 Å². The molecule has 0 heterocycles. The summed E-state index contributed by atoms with van der Waals surface area (Å²) in [6.45, 7) is 0.0607. The molecule has 0 amide bonds. The Labute approximate surface area is 121 Å². The first kappa shape index (κ1) is 14.8. The highest BCUT2D eigenvalue weighted by molar-refractivity contribution is 7.89. The maximum atomic E-state index is 12.7. The van der Waals surface area contributed by atoms with Crippen LogP contribution in [0.1, 0.15) is 5.56 Å². The number of hydrogen-bond acceptors (Lipinski definition) is 3. The van der Waals surface area contributed by atoms with Crippen LogP contribution in [-0.4, -0.2) is 8.42 Å². The molecule has 0 radical (unpaired) electrons. The predicted molar refractivity (Wildman–Crippen MR) is 76.3 cm³/mol. The van der Waals surface area contributed by atoms with Crippen LogP contribution >= 0.6 is 11.6 Å². The number of rotatable bonds is 4. The maximum Gasteiger partial charge on any atom is 0.240 e. The van der Waals surface area contributed by atoms with Crippen molar-refractivity contribution < 1.29 is 12.8 Å². The molecule has 0 atom stereocenters.